The van der Waals surface area contributed by atoms with Gasteiger partial charge in [-0.3, -0.25) is 0 Å². The lowest BCUT2D eigenvalue weighted by atomic mass is 10.2. The standard InChI is InChI=1S/2C20H28ClN5O4S/c2*1-12-5-6-15(30-12)19-25-24-16(26(19)20(3)7-8-20)11-31(27,28)13(2)17(29-4)18-22-9-14(21)10-23-18/h2*9-10,12-13,15,17H,5-8,11H2,1-4H3/t12-,13+,15-,17+;12-,13-,15-,17-/m10/s1. The van der Waals surface area contributed by atoms with E-state index in [0.29, 0.717) is 21.7 Å². The molecule has 0 radical (unpaired) electrons. The minimum absolute atomic E-state index is 0.150. The molecule has 0 unspecified atom stereocenters. The van der Waals surface area contributed by atoms with E-state index < -0.39 is 42.4 Å². The molecule has 0 spiro atoms. The molecule has 4 aromatic rings. The third-order valence-electron chi connectivity index (χ3n) is 12.5. The fourth-order valence-electron chi connectivity index (χ4n) is 8.19. The average molecular weight is 940 g/mol. The SMILES string of the molecule is CO[C@H](c1ncc(Cl)cn1)[C@H](C)S(=O)(=O)Cc1nnc([C@@H]2CC[C@H](C)O2)n1C1(C)CC1.CO[C@H](c1ncc(Cl)cn1)[C@H](C)S(=O)(=O)Cc1nnc([C@H]2CC[C@@H](C)O2)n1C1(C)CC1. The third-order valence-corrected chi connectivity index (χ3v) is 17.0. The number of halogens is 2. The van der Waals surface area contributed by atoms with Crippen LogP contribution in [0, 0.1) is 0 Å². The van der Waals surface area contributed by atoms with E-state index in [0.717, 1.165) is 63.0 Å². The van der Waals surface area contributed by atoms with Crippen molar-refractivity contribution in [3.63, 3.8) is 0 Å². The van der Waals surface area contributed by atoms with Crippen LogP contribution in [0.5, 0.6) is 0 Å². The lowest BCUT2D eigenvalue weighted by molar-refractivity contribution is 0.0465. The van der Waals surface area contributed by atoms with Gasteiger partial charge in [-0.15, -0.1) is 20.4 Å². The van der Waals surface area contributed by atoms with Crippen LogP contribution in [0.25, 0.3) is 0 Å². The van der Waals surface area contributed by atoms with Gasteiger partial charge in [-0.2, -0.15) is 0 Å². The Morgan fingerprint density at radius 3 is 1.26 bits per heavy atom. The maximum Gasteiger partial charge on any atom is 0.163 e. The summed E-state index contributed by atoms with van der Waals surface area (Å²) in [5, 5.41) is 16.3. The number of ether oxygens (including phenoxy) is 4. The van der Waals surface area contributed by atoms with Gasteiger partial charge in [-0.25, -0.2) is 36.8 Å². The summed E-state index contributed by atoms with van der Waals surface area (Å²) in [6.07, 6.45) is 11.5. The predicted molar refractivity (Wildman–Crippen MR) is 229 cm³/mol. The molecule has 4 aliphatic rings. The number of hydrogen-bond donors (Lipinski definition) is 0. The van der Waals surface area contributed by atoms with Crippen molar-refractivity contribution in [1.29, 1.82) is 0 Å². The van der Waals surface area contributed by atoms with Crippen LogP contribution in [0.15, 0.2) is 24.8 Å². The third kappa shape index (κ3) is 10.0. The Hall–Kier alpha value is -3.24. The maximum absolute atomic E-state index is 13.3. The first-order valence-electron chi connectivity index (χ1n) is 20.9. The maximum atomic E-state index is 13.3. The van der Waals surface area contributed by atoms with Crippen LogP contribution >= 0.6 is 23.2 Å². The van der Waals surface area contributed by atoms with Crippen LogP contribution in [0.3, 0.4) is 0 Å². The predicted octanol–water partition coefficient (Wildman–Crippen LogP) is 6.32. The topological polar surface area (TPSA) is 218 Å². The summed E-state index contributed by atoms with van der Waals surface area (Å²) in [6.45, 7) is 11.5. The first-order chi connectivity index (χ1) is 29.3. The highest BCUT2D eigenvalue weighted by Crippen LogP contribution is 2.48. The van der Waals surface area contributed by atoms with Crippen molar-refractivity contribution in [3.05, 3.63) is 69.8 Å². The van der Waals surface area contributed by atoms with E-state index in [1.807, 2.05) is 23.0 Å². The molecule has 340 valence electrons. The first-order valence-corrected chi connectivity index (χ1v) is 25.1. The van der Waals surface area contributed by atoms with Crippen molar-refractivity contribution in [2.24, 2.45) is 0 Å². The Morgan fingerprint density at radius 2 is 0.984 bits per heavy atom. The summed E-state index contributed by atoms with van der Waals surface area (Å²) >= 11 is 11.7. The first kappa shape index (κ1) is 46.7. The van der Waals surface area contributed by atoms with E-state index in [1.54, 1.807) is 13.8 Å². The van der Waals surface area contributed by atoms with Crippen molar-refractivity contribution in [1.82, 2.24) is 49.5 Å². The summed E-state index contributed by atoms with van der Waals surface area (Å²) in [5.41, 5.74) is -0.329. The average Bonchev–Trinajstić information content (AvgIpc) is 3.78. The highest BCUT2D eigenvalue weighted by atomic mass is 35.5. The van der Waals surface area contributed by atoms with Gasteiger partial charge in [-0.1, -0.05) is 23.2 Å². The number of sulfone groups is 2. The minimum atomic E-state index is -3.66. The van der Waals surface area contributed by atoms with E-state index >= 15 is 0 Å². The van der Waals surface area contributed by atoms with E-state index in [1.165, 1.54) is 39.0 Å². The molecule has 8 atom stereocenters. The summed E-state index contributed by atoms with van der Waals surface area (Å²) < 4.78 is 80.3. The molecule has 2 saturated heterocycles. The van der Waals surface area contributed by atoms with Crippen LogP contribution in [0.1, 0.15) is 152 Å². The van der Waals surface area contributed by atoms with E-state index in [4.69, 9.17) is 42.1 Å². The van der Waals surface area contributed by atoms with Gasteiger partial charge < -0.3 is 28.1 Å². The smallest absolute Gasteiger partial charge is 0.163 e. The van der Waals surface area contributed by atoms with Crippen LogP contribution in [-0.4, -0.2) is 103 Å². The fraction of sp³-hybridized carbons (Fsp3) is 0.700. The normalized spacial score (nSPS) is 24.8. The molecular weight excluding hydrogens is 884 g/mol. The van der Waals surface area contributed by atoms with Crippen molar-refractivity contribution >= 4 is 42.9 Å². The van der Waals surface area contributed by atoms with E-state index in [2.05, 4.69) is 54.2 Å². The molecule has 22 heteroatoms. The number of nitrogens with zero attached hydrogens (tertiary/aromatic N) is 10. The largest absolute Gasteiger partial charge is 0.372 e. The number of methoxy groups -OCH3 is 2. The van der Waals surface area contributed by atoms with Gasteiger partial charge in [0.2, 0.25) is 0 Å². The number of aromatic nitrogens is 10. The lowest BCUT2D eigenvalue weighted by Gasteiger charge is -2.23. The van der Waals surface area contributed by atoms with Crippen LogP contribution in [0.4, 0.5) is 0 Å². The van der Waals surface area contributed by atoms with E-state index in [9.17, 15) is 16.8 Å². The molecule has 62 heavy (non-hydrogen) atoms. The Bertz CT molecular complexity index is 2240. The highest BCUT2D eigenvalue weighted by molar-refractivity contribution is 7.91. The highest BCUT2D eigenvalue weighted by Gasteiger charge is 2.47. The van der Waals surface area contributed by atoms with Gasteiger partial charge in [0.25, 0.3) is 0 Å². The zero-order valence-electron chi connectivity index (χ0n) is 36.3. The van der Waals surface area contributed by atoms with Gasteiger partial charge in [0, 0.05) is 50.1 Å². The second-order valence-electron chi connectivity index (χ2n) is 17.5. The molecule has 8 rings (SSSR count). The quantitative estimate of drug-likeness (QED) is 0.120. The molecule has 4 fully saturated rings. The number of rotatable bonds is 16. The molecule has 0 aromatic carbocycles. The summed E-state index contributed by atoms with van der Waals surface area (Å²) in [6, 6.07) is 0. The molecule has 0 N–H and O–H groups in total. The fourth-order valence-corrected chi connectivity index (χ4v) is 11.2. The molecule has 2 saturated carbocycles. The molecule has 2 aliphatic heterocycles. The summed E-state index contributed by atoms with van der Waals surface area (Å²) in [4.78, 5) is 16.6. The second-order valence-corrected chi connectivity index (χ2v) is 23.1. The van der Waals surface area contributed by atoms with Gasteiger partial charge >= 0.3 is 0 Å². The molecule has 0 bridgehead atoms. The minimum Gasteiger partial charge on any atom is -0.372 e. The zero-order valence-corrected chi connectivity index (χ0v) is 39.5. The van der Waals surface area contributed by atoms with Crippen molar-refractivity contribution in [2.75, 3.05) is 14.2 Å². The molecule has 18 nitrogen and oxygen atoms in total. The van der Waals surface area contributed by atoms with Crippen molar-refractivity contribution in [2.45, 2.75) is 163 Å². The second kappa shape index (κ2) is 18.3. The Balaban J connectivity index is 0.000000186. The molecule has 6 heterocycles. The lowest BCUT2D eigenvalue weighted by Crippen LogP contribution is -2.31. The van der Waals surface area contributed by atoms with Gasteiger partial charge in [0.15, 0.2) is 43.0 Å². The van der Waals surface area contributed by atoms with Gasteiger partial charge in [0.05, 0.1) is 32.8 Å². The van der Waals surface area contributed by atoms with Crippen LogP contribution in [-0.2, 0) is 61.2 Å². The molecule has 0 amide bonds. The molecular formula is C40H56Cl2N10O8S2. The van der Waals surface area contributed by atoms with Gasteiger partial charge in [0.1, 0.15) is 47.6 Å². The monoisotopic (exact) mass is 938 g/mol. The van der Waals surface area contributed by atoms with Crippen LogP contribution < -0.4 is 0 Å². The Labute approximate surface area is 373 Å². The number of hydrogen-bond acceptors (Lipinski definition) is 16. The molecule has 4 aromatic heterocycles. The van der Waals surface area contributed by atoms with E-state index in [-0.39, 0.29) is 58.6 Å². The van der Waals surface area contributed by atoms with Crippen molar-refractivity contribution < 1.29 is 35.8 Å². The summed E-state index contributed by atoms with van der Waals surface area (Å²) in [5.74, 6) is 2.39. The zero-order chi connectivity index (χ0) is 44.8. The van der Waals surface area contributed by atoms with Crippen molar-refractivity contribution in [3.8, 4) is 0 Å². The van der Waals surface area contributed by atoms with Crippen LogP contribution in [0.2, 0.25) is 10.0 Å². The molecule has 2 aliphatic carbocycles. The Morgan fingerprint density at radius 1 is 0.645 bits per heavy atom. The summed E-state index contributed by atoms with van der Waals surface area (Å²) in [7, 11) is -4.43. The van der Waals surface area contributed by atoms with Gasteiger partial charge in [-0.05, 0) is 92.9 Å². The Kier molecular flexibility index (Phi) is 13.8.